The van der Waals surface area contributed by atoms with Gasteiger partial charge >= 0.3 is 0 Å². The molecule has 0 unspecified atom stereocenters. The molecule has 0 aliphatic rings. The third-order valence-electron chi connectivity index (χ3n) is 1.54. The van der Waals surface area contributed by atoms with Crippen LogP contribution in [-0.2, 0) is 6.61 Å². The van der Waals surface area contributed by atoms with Crippen molar-refractivity contribution in [3.8, 4) is 11.5 Å². The van der Waals surface area contributed by atoms with Crippen molar-refractivity contribution in [1.82, 2.24) is 15.1 Å². The molecular formula is C8H7N3O2. The molecule has 2 aromatic rings. The lowest BCUT2D eigenvalue weighted by atomic mass is 10.3. The molecule has 66 valence electrons. The summed E-state index contributed by atoms with van der Waals surface area (Å²) < 4.78 is 4.93. The van der Waals surface area contributed by atoms with Crippen LogP contribution in [0.3, 0.4) is 0 Å². The lowest BCUT2D eigenvalue weighted by Crippen LogP contribution is -1.81. The minimum absolute atomic E-state index is 0.135. The molecule has 0 atom stereocenters. The molecule has 0 bridgehead atoms. The normalized spacial score (nSPS) is 10.2. The fourth-order valence-electron chi connectivity index (χ4n) is 0.933. The van der Waals surface area contributed by atoms with Gasteiger partial charge in [-0.2, -0.15) is 0 Å². The molecule has 0 spiro atoms. The predicted octanol–water partition coefficient (Wildman–Crippen LogP) is 0.624. The third kappa shape index (κ3) is 1.54. The standard InChI is InChI=1S/C8H7N3O2/c12-5-6-3-8(13-11-6)7-4-9-1-2-10-7/h1-4,12H,5H2. The second-order valence-electron chi connectivity index (χ2n) is 2.43. The Morgan fingerprint density at radius 3 is 2.92 bits per heavy atom. The van der Waals surface area contributed by atoms with Crippen LogP contribution in [0.1, 0.15) is 5.69 Å². The zero-order valence-electron chi connectivity index (χ0n) is 6.71. The van der Waals surface area contributed by atoms with Gasteiger partial charge in [0.1, 0.15) is 11.4 Å². The lowest BCUT2D eigenvalue weighted by Gasteiger charge is -1.89. The highest BCUT2D eigenvalue weighted by Gasteiger charge is 2.06. The number of nitrogens with zero attached hydrogens (tertiary/aromatic N) is 3. The SMILES string of the molecule is OCc1cc(-c2cnccn2)on1. The van der Waals surface area contributed by atoms with Crippen molar-refractivity contribution in [2.45, 2.75) is 6.61 Å². The van der Waals surface area contributed by atoms with Gasteiger partial charge in [0.25, 0.3) is 0 Å². The maximum Gasteiger partial charge on any atom is 0.187 e. The number of hydrogen-bond donors (Lipinski definition) is 1. The fourth-order valence-corrected chi connectivity index (χ4v) is 0.933. The van der Waals surface area contributed by atoms with Gasteiger partial charge in [-0.3, -0.25) is 4.98 Å². The van der Waals surface area contributed by atoms with Gasteiger partial charge in [-0.15, -0.1) is 0 Å². The Hall–Kier alpha value is -1.75. The van der Waals surface area contributed by atoms with E-state index in [0.29, 0.717) is 17.1 Å². The van der Waals surface area contributed by atoms with Crippen molar-refractivity contribution in [2.75, 3.05) is 0 Å². The van der Waals surface area contributed by atoms with Gasteiger partial charge in [-0.05, 0) is 0 Å². The third-order valence-corrected chi connectivity index (χ3v) is 1.54. The first-order valence-electron chi connectivity index (χ1n) is 3.73. The van der Waals surface area contributed by atoms with Crippen molar-refractivity contribution < 1.29 is 9.63 Å². The molecule has 2 aromatic heterocycles. The minimum Gasteiger partial charge on any atom is -0.390 e. The molecular weight excluding hydrogens is 170 g/mol. The van der Waals surface area contributed by atoms with Gasteiger partial charge < -0.3 is 9.63 Å². The first kappa shape index (κ1) is 7.88. The van der Waals surface area contributed by atoms with E-state index in [1.165, 1.54) is 0 Å². The van der Waals surface area contributed by atoms with Crippen LogP contribution in [0.25, 0.3) is 11.5 Å². The Balaban J connectivity index is 2.36. The molecule has 2 heterocycles. The highest BCUT2D eigenvalue weighted by Crippen LogP contribution is 2.15. The highest BCUT2D eigenvalue weighted by molar-refractivity contribution is 5.49. The molecule has 13 heavy (non-hydrogen) atoms. The molecule has 5 heteroatoms. The van der Waals surface area contributed by atoms with E-state index in [1.807, 2.05) is 0 Å². The first-order chi connectivity index (χ1) is 6.40. The van der Waals surface area contributed by atoms with Crippen LogP contribution < -0.4 is 0 Å². The molecule has 0 amide bonds. The average molecular weight is 177 g/mol. The van der Waals surface area contributed by atoms with Gasteiger partial charge in [0.15, 0.2) is 5.76 Å². The van der Waals surface area contributed by atoms with Crippen LogP contribution in [0.5, 0.6) is 0 Å². The van der Waals surface area contributed by atoms with Crippen LogP contribution in [0, 0.1) is 0 Å². The van der Waals surface area contributed by atoms with Crippen LogP contribution in [-0.4, -0.2) is 20.2 Å². The monoisotopic (exact) mass is 177 g/mol. The topological polar surface area (TPSA) is 72.0 Å². The molecule has 0 saturated carbocycles. The average Bonchev–Trinajstić information content (AvgIpc) is 2.67. The van der Waals surface area contributed by atoms with Crippen molar-refractivity contribution >= 4 is 0 Å². The molecule has 2 rings (SSSR count). The molecule has 0 saturated heterocycles. The van der Waals surface area contributed by atoms with E-state index in [1.54, 1.807) is 24.7 Å². The van der Waals surface area contributed by atoms with Crippen LogP contribution in [0.4, 0.5) is 0 Å². The molecule has 0 aliphatic carbocycles. The summed E-state index contributed by atoms with van der Waals surface area (Å²) >= 11 is 0. The molecule has 1 N–H and O–H groups in total. The van der Waals surface area contributed by atoms with Crippen LogP contribution >= 0.6 is 0 Å². The van der Waals surface area contributed by atoms with Crippen molar-refractivity contribution in [3.63, 3.8) is 0 Å². The van der Waals surface area contributed by atoms with E-state index in [2.05, 4.69) is 15.1 Å². The summed E-state index contributed by atoms with van der Waals surface area (Å²) in [6, 6.07) is 1.63. The van der Waals surface area contributed by atoms with E-state index in [-0.39, 0.29) is 6.61 Å². The maximum absolute atomic E-state index is 8.74. The highest BCUT2D eigenvalue weighted by atomic mass is 16.5. The van der Waals surface area contributed by atoms with Gasteiger partial charge in [-0.1, -0.05) is 5.16 Å². The van der Waals surface area contributed by atoms with Gasteiger partial charge in [0, 0.05) is 18.5 Å². The number of aliphatic hydroxyl groups excluding tert-OH is 1. The predicted molar refractivity (Wildman–Crippen MR) is 43.5 cm³/mol. The summed E-state index contributed by atoms with van der Waals surface area (Å²) in [6.45, 7) is -0.135. The smallest absolute Gasteiger partial charge is 0.187 e. The van der Waals surface area contributed by atoms with Gasteiger partial charge in [0.05, 0.1) is 12.8 Å². The summed E-state index contributed by atoms with van der Waals surface area (Å²) in [4.78, 5) is 7.90. The van der Waals surface area contributed by atoms with E-state index in [9.17, 15) is 0 Å². The summed E-state index contributed by atoms with van der Waals surface area (Å²) in [6.07, 6.45) is 4.71. The summed E-state index contributed by atoms with van der Waals surface area (Å²) in [7, 11) is 0. The van der Waals surface area contributed by atoms with Crippen molar-refractivity contribution in [2.24, 2.45) is 0 Å². The second-order valence-corrected chi connectivity index (χ2v) is 2.43. The minimum atomic E-state index is -0.135. The Labute approximate surface area is 74.1 Å². The van der Waals surface area contributed by atoms with Crippen molar-refractivity contribution in [1.29, 1.82) is 0 Å². The largest absolute Gasteiger partial charge is 0.390 e. The summed E-state index contributed by atoms with van der Waals surface area (Å²) in [5.74, 6) is 0.511. The quantitative estimate of drug-likeness (QED) is 0.728. The second kappa shape index (κ2) is 3.32. The zero-order chi connectivity index (χ0) is 9.10. The van der Waals surface area contributed by atoms with E-state index in [0.717, 1.165) is 0 Å². The number of rotatable bonds is 2. The molecule has 0 aliphatic heterocycles. The Morgan fingerprint density at radius 2 is 2.31 bits per heavy atom. The maximum atomic E-state index is 8.74. The van der Waals surface area contributed by atoms with E-state index < -0.39 is 0 Å². The van der Waals surface area contributed by atoms with E-state index >= 15 is 0 Å². The van der Waals surface area contributed by atoms with Crippen molar-refractivity contribution in [3.05, 3.63) is 30.4 Å². The van der Waals surface area contributed by atoms with Gasteiger partial charge in [-0.25, -0.2) is 4.98 Å². The number of aliphatic hydroxyl groups is 1. The number of aromatic nitrogens is 3. The summed E-state index contributed by atoms with van der Waals surface area (Å²) in [5.41, 5.74) is 1.09. The number of hydrogen-bond acceptors (Lipinski definition) is 5. The zero-order valence-corrected chi connectivity index (χ0v) is 6.71. The summed E-state index contributed by atoms with van der Waals surface area (Å²) in [5, 5.41) is 12.4. The Kier molecular flexibility index (Phi) is 2.01. The molecule has 0 radical (unpaired) electrons. The van der Waals surface area contributed by atoms with Crippen LogP contribution in [0.15, 0.2) is 29.2 Å². The molecule has 0 aromatic carbocycles. The van der Waals surface area contributed by atoms with E-state index in [4.69, 9.17) is 9.63 Å². The lowest BCUT2D eigenvalue weighted by molar-refractivity contribution is 0.267. The van der Waals surface area contributed by atoms with Gasteiger partial charge in [0.2, 0.25) is 0 Å². The first-order valence-corrected chi connectivity index (χ1v) is 3.73. The Bertz CT molecular complexity index is 385. The van der Waals surface area contributed by atoms with Crippen LogP contribution in [0.2, 0.25) is 0 Å². The fraction of sp³-hybridized carbons (Fsp3) is 0.125. The molecule has 5 nitrogen and oxygen atoms in total. The Morgan fingerprint density at radius 1 is 1.38 bits per heavy atom. The molecule has 0 fully saturated rings.